The molecule has 0 bridgehead atoms. The smallest absolute Gasteiger partial charge is 0.234 e. The molecule has 1 N–H and O–H groups in total. The summed E-state index contributed by atoms with van der Waals surface area (Å²) in [5.41, 5.74) is 0.955. The quantitative estimate of drug-likeness (QED) is 0.843. The van der Waals surface area contributed by atoms with E-state index >= 15 is 0 Å². The standard InChI is InChI=1S/C23H31N3O3/c1-18(2)25-22(27)17-26-14-7-3-4-8-15-28-20-11-5-6-12-21(20)29-23-19(16-26)10-9-13-24-23/h5-6,9-13,18H,3-4,7-8,14-17H2,1-2H3,(H,25,27). The van der Waals surface area contributed by atoms with E-state index in [0.29, 0.717) is 31.3 Å². The fourth-order valence-electron chi connectivity index (χ4n) is 3.39. The van der Waals surface area contributed by atoms with Gasteiger partial charge < -0.3 is 14.8 Å². The number of carbonyl (C=O) groups excluding carboxylic acids is 1. The summed E-state index contributed by atoms with van der Waals surface area (Å²) in [5.74, 6) is 1.99. The van der Waals surface area contributed by atoms with Gasteiger partial charge in [-0.2, -0.15) is 0 Å². The highest BCUT2D eigenvalue weighted by atomic mass is 16.5. The molecule has 0 fully saturated rings. The minimum Gasteiger partial charge on any atom is -0.490 e. The number of nitrogens with one attached hydrogen (secondary N) is 1. The van der Waals surface area contributed by atoms with Crippen LogP contribution < -0.4 is 14.8 Å². The van der Waals surface area contributed by atoms with Crippen molar-refractivity contribution in [1.82, 2.24) is 15.2 Å². The molecule has 0 spiro atoms. The van der Waals surface area contributed by atoms with Crippen LogP contribution in [-0.4, -0.2) is 41.5 Å². The fourth-order valence-corrected chi connectivity index (χ4v) is 3.39. The summed E-state index contributed by atoms with van der Waals surface area (Å²) in [7, 11) is 0. The van der Waals surface area contributed by atoms with Crippen molar-refractivity contribution in [2.75, 3.05) is 19.7 Å². The van der Waals surface area contributed by atoms with Crippen LogP contribution in [0, 0.1) is 0 Å². The van der Waals surface area contributed by atoms with E-state index in [2.05, 4.69) is 15.2 Å². The Morgan fingerprint density at radius 3 is 2.72 bits per heavy atom. The van der Waals surface area contributed by atoms with Gasteiger partial charge in [0.15, 0.2) is 11.5 Å². The van der Waals surface area contributed by atoms with Gasteiger partial charge in [-0.05, 0) is 51.4 Å². The number of hydrogen-bond donors (Lipinski definition) is 1. The normalized spacial score (nSPS) is 16.0. The highest BCUT2D eigenvalue weighted by Crippen LogP contribution is 2.32. The number of rotatable bonds is 3. The van der Waals surface area contributed by atoms with E-state index in [-0.39, 0.29) is 11.9 Å². The number of nitrogens with zero attached hydrogens (tertiary/aromatic N) is 2. The molecular formula is C23H31N3O3. The molecule has 2 heterocycles. The van der Waals surface area contributed by atoms with Crippen molar-refractivity contribution < 1.29 is 14.3 Å². The van der Waals surface area contributed by atoms with Gasteiger partial charge in [-0.15, -0.1) is 0 Å². The van der Waals surface area contributed by atoms with Gasteiger partial charge in [-0.3, -0.25) is 9.69 Å². The number of ether oxygens (including phenoxy) is 2. The van der Waals surface area contributed by atoms with Crippen molar-refractivity contribution in [3.63, 3.8) is 0 Å². The van der Waals surface area contributed by atoms with E-state index in [1.165, 1.54) is 0 Å². The van der Waals surface area contributed by atoms with E-state index in [1.807, 2.05) is 50.2 Å². The predicted molar refractivity (Wildman–Crippen MR) is 113 cm³/mol. The molecule has 1 aliphatic rings. The third kappa shape index (κ3) is 6.75. The van der Waals surface area contributed by atoms with Crippen LogP contribution in [0.15, 0.2) is 42.6 Å². The van der Waals surface area contributed by atoms with Crippen LogP contribution in [0.2, 0.25) is 0 Å². The first-order chi connectivity index (χ1) is 14.1. The molecule has 1 aromatic heterocycles. The lowest BCUT2D eigenvalue weighted by Gasteiger charge is -2.24. The number of benzene rings is 1. The zero-order valence-electron chi connectivity index (χ0n) is 17.4. The van der Waals surface area contributed by atoms with Crippen LogP contribution in [0.1, 0.15) is 45.1 Å². The van der Waals surface area contributed by atoms with Gasteiger partial charge >= 0.3 is 0 Å². The number of hydrogen-bond acceptors (Lipinski definition) is 5. The molecule has 2 aromatic rings. The Kier molecular flexibility index (Phi) is 7.87. The fraction of sp³-hybridized carbons (Fsp3) is 0.478. The van der Waals surface area contributed by atoms with Crippen LogP contribution >= 0.6 is 0 Å². The first-order valence-electron chi connectivity index (χ1n) is 10.5. The maximum atomic E-state index is 12.4. The summed E-state index contributed by atoms with van der Waals surface area (Å²) < 4.78 is 12.1. The Labute approximate surface area is 173 Å². The molecule has 29 heavy (non-hydrogen) atoms. The molecule has 3 rings (SSSR count). The number of pyridine rings is 1. The predicted octanol–water partition coefficient (Wildman–Crippen LogP) is 4.15. The van der Waals surface area contributed by atoms with Crippen molar-refractivity contribution in [3.05, 3.63) is 48.2 Å². The van der Waals surface area contributed by atoms with Crippen molar-refractivity contribution in [2.45, 2.75) is 52.1 Å². The Bertz CT molecular complexity index is 794. The van der Waals surface area contributed by atoms with Gasteiger partial charge in [-0.25, -0.2) is 4.98 Å². The summed E-state index contributed by atoms with van der Waals surface area (Å²) in [6, 6.07) is 11.7. The highest BCUT2D eigenvalue weighted by Gasteiger charge is 2.17. The topological polar surface area (TPSA) is 63.7 Å². The second-order valence-corrected chi connectivity index (χ2v) is 7.71. The molecule has 6 nitrogen and oxygen atoms in total. The van der Waals surface area contributed by atoms with Crippen LogP contribution in [0.5, 0.6) is 17.4 Å². The van der Waals surface area contributed by atoms with Crippen LogP contribution in [0.4, 0.5) is 0 Å². The average Bonchev–Trinajstić information content (AvgIpc) is 2.68. The first kappa shape index (κ1) is 21.1. The van der Waals surface area contributed by atoms with Gasteiger partial charge in [0.05, 0.1) is 13.2 Å². The maximum Gasteiger partial charge on any atom is 0.234 e. The van der Waals surface area contributed by atoms with E-state index in [9.17, 15) is 4.79 Å². The number of aromatic nitrogens is 1. The average molecular weight is 398 g/mol. The lowest BCUT2D eigenvalue weighted by atomic mass is 10.1. The summed E-state index contributed by atoms with van der Waals surface area (Å²) in [4.78, 5) is 19.0. The SMILES string of the molecule is CC(C)NC(=O)CN1CCCCCCOc2ccccc2Oc2ncccc2C1. The van der Waals surface area contributed by atoms with Gasteiger partial charge in [0.2, 0.25) is 11.8 Å². The summed E-state index contributed by atoms with van der Waals surface area (Å²) >= 11 is 0. The van der Waals surface area contributed by atoms with E-state index in [0.717, 1.165) is 43.5 Å². The van der Waals surface area contributed by atoms with Crippen LogP contribution in [0.25, 0.3) is 0 Å². The highest BCUT2D eigenvalue weighted by molar-refractivity contribution is 5.78. The Hall–Kier alpha value is -2.60. The van der Waals surface area contributed by atoms with Gasteiger partial charge in [0, 0.05) is 24.3 Å². The van der Waals surface area contributed by atoms with Gasteiger partial charge in [0.1, 0.15) is 0 Å². The molecule has 6 heteroatoms. The molecule has 0 radical (unpaired) electrons. The molecule has 1 aliphatic heterocycles. The molecule has 1 amide bonds. The van der Waals surface area contributed by atoms with Crippen molar-refractivity contribution >= 4 is 5.91 Å². The van der Waals surface area contributed by atoms with Crippen LogP contribution in [0.3, 0.4) is 0 Å². The Balaban J connectivity index is 1.83. The summed E-state index contributed by atoms with van der Waals surface area (Å²) in [6.45, 7) is 6.46. The van der Waals surface area contributed by atoms with E-state index in [1.54, 1.807) is 6.20 Å². The van der Waals surface area contributed by atoms with Gasteiger partial charge in [-0.1, -0.05) is 31.0 Å². The lowest BCUT2D eigenvalue weighted by molar-refractivity contribution is -0.122. The monoisotopic (exact) mass is 397 g/mol. The summed E-state index contributed by atoms with van der Waals surface area (Å²) in [6.07, 6.45) is 5.98. The number of carbonyl (C=O) groups is 1. The Morgan fingerprint density at radius 2 is 1.90 bits per heavy atom. The number of amides is 1. The molecule has 0 saturated heterocycles. The minimum absolute atomic E-state index is 0.0474. The number of fused-ring (bicyclic) bond motifs is 2. The molecule has 0 saturated carbocycles. The Morgan fingerprint density at radius 1 is 1.10 bits per heavy atom. The second kappa shape index (κ2) is 10.8. The third-order valence-electron chi connectivity index (χ3n) is 4.74. The molecule has 0 unspecified atom stereocenters. The van der Waals surface area contributed by atoms with E-state index in [4.69, 9.17) is 9.47 Å². The zero-order chi connectivity index (χ0) is 20.5. The second-order valence-electron chi connectivity index (χ2n) is 7.71. The molecular weight excluding hydrogens is 366 g/mol. The maximum absolute atomic E-state index is 12.4. The van der Waals surface area contributed by atoms with E-state index < -0.39 is 0 Å². The van der Waals surface area contributed by atoms with Crippen molar-refractivity contribution in [2.24, 2.45) is 0 Å². The lowest BCUT2D eigenvalue weighted by Crippen LogP contribution is -2.40. The summed E-state index contributed by atoms with van der Waals surface area (Å²) in [5, 5.41) is 2.99. The molecule has 156 valence electrons. The molecule has 1 aromatic carbocycles. The molecule has 0 atom stereocenters. The largest absolute Gasteiger partial charge is 0.490 e. The van der Waals surface area contributed by atoms with Crippen molar-refractivity contribution in [1.29, 1.82) is 0 Å². The van der Waals surface area contributed by atoms with Crippen LogP contribution in [-0.2, 0) is 11.3 Å². The first-order valence-corrected chi connectivity index (χ1v) is 10.5. The third-order valence-corrected chi connectivity index (χ3v) is 4.74. The minimum atomic E-state index is 0.0474. The number of para-hydroxylation sites is 2. The van der Waals surface area contributed by atoms with Gasteiger partial charge in [0.25, 0.3) is 0 Å². The zero-order valence-corrected chi connectivity index (χ0v) is 17.4. The van der Waals surface area contributed by atoms with Crippen molar-refractivity contribution in [3.8, 4) is 17.4 Å². The molecule has 0 aliphatic carbocycles.